The van der Waals surface area contributed by atoms with Crippen molar-refractivity contribution in [1.29, 1.82) is 0 Å². The summed E-state index contributed by atoms with van der Waals surface area (Å²) in [7, 11) is -2.17. The largest absolute Gasteiger partial charge is 0.253 e. The molecule has 1 saturated heterocycles. The topological polar surface area (TPSA) is 20.3 Å². The molecule has 1 fully saturated rings. The van der Waals surface area contributed by atoms with Gasteiger partial charge in [-0.15, -0.1) is 0 Å². The van der Waals surface area contributed by atoms with Gasteiger partial charge in [-0.3, -0.25) is 4.21 Å². The molecule has 11 heavy (non-hydrogen) atoms. The highest BCUT2D eigenvalue weighted by atomic mass is 32.2. The van der Waals surface area contributed by atoms with Crippen molar-refractivity contribution in [2.45, 2.75) is 19.0 Å². The van der Waals surface area contributed by atoms with E-state index in [2.05, 4.69) is 5.87 Å². The summed E-state index contributed by atoms with van der Waals surface area (Å²) in [5, 5.41) is 0. The molecule has 0 aromatic carbocycles. The first-order valence-corrected chi connectivity index (χ1v) is 5.81. The molecule has 2 atom stereocenters. The standard InChI is InChI=1S/C7H14FNOS/c1-11(2,10)9-5-3-4-7(8)6-9/h7H,1,3-6H2,2H3. The summed E-state index contributed by atoms with van der Waals surface area (Å²) >= 11 is 0. The molecular weight excluding hydrogens is 165 g/mol. The highest BCUT2D eigenvalue weighted by Gasteiger charge is 2.22. The van der Waals surface area contributed by atoms with Gasteiger partial charge in [0.2, 0.25) is 0 Å². The summed E-state index contributed by atoms with van der Waals surface area (Å²) in [5.41, 5.74) is 0. The molecule has 4 heteroatoms. The predicted octanol–water partition coefficient (Wildman–Crippen LogP) is 0.681. The van der Waals surface area contributed by atoms with Crippen molar-refractivity contribution < 1.29 is 8.60 Å². The second-order valence-electron chi connectivity index (χ2n) is 3.09. The molecule has 0 aliphatic carbocycles. The lowest BCUT2D eigenvalue weighted by Gasteiger charge is -2.29. The molecule has 2 nitrogen and oxygen atoms in total. The average Bonchev–Trinajstić information content (AvgIpc) is 1.86. The average molecular weight is 179 g/mol. The Bertz CT molecular complexity index is 225. The Kier molecular flexibility index (Phi) is 2.54. The summed E-state index contributed by atoms with van der Waals surface area (Å²) < 4.78 is 25.7. The number of piperidine rings is 1. The summed E-state index contributed by atoms with van der Waals surface area (Å²) in [6, 6.07) is 0. The molecule has 0 saturated carbocycles. The van der Waals surface area contributed by atoms with Crippen LogP contribution in [0.4, 0.5) is 4.39 Å². The zero-order valence-electron chi connectivity index (χ0n) is 6.75. The van der Waals surface area contributed by atoms with Crippen LogP contribution in [0.15, 0.2) is 0 Å². The molecular formula is C7H14FNOS. The molecule has 1 heterocycles. The Morgan fingerprint density at radius 1 is 1.73 bits per heavy atom. The maximum atomic E-state index is 12.8. The molecule has 0 bridgehead atoms. The van der Waals surface area contributed by atoms with E-state index in [1.807, 2.05) is 0 Å². The van der Waals surface area contributed by atoms with E-state index in [0.717, 1.165) is 13.0 Å². The minimum Gasteiger partial charge on any atom is -0.253 e. The number of nitrogens with zero attached hydrogens (tertiary/aromatic N) is 1. The van der Waals surface area contributed by atoms with E-state index >= 15 is 0 Å². The highest BCUT2D eigenvalue weighted by Crippen LogP contribution is 2.14. The number of rotatable bonds is 1. The van der Waals surface area contributed by atoms with Crippen LogP contribution in [-0.2, 0) is 9.71 Å². The Morgan fingerprint density at radius 2 is 2.36 bits per heavy atom. The molecule has 1 rings (SSSR count). The van der Waals surface area contributed by atoms with E-state index in [9.17, 15) is 8.60 Å². The van der Waals surface area contributed by atoms with E-state index in [1.165, 1.54) is 0 Å². The molecule has 1 aliphatic rings. The molecule has 66 valence electrons. The molecule has 0 radical (unpaired) electrons. The van der Waals surface area contributed by atoms with Crippen LogP contribution >= 0.6 is 0 Å². The van der Waals surface area contributed by atoms with Crippen molar-refractivity contribution in [3.63, 3.8) is 0 Å². The van der Waals surface area contributed by atoms with Gasteiger partial charge in [-0.05, 0) is 18.7 Å². The van der Waals surface area contributed by atoms with Gasteiger partial charge in [-0.2, -0.15) is 0 Å². The fraction of sp³-hybridized carbons (Fsp3) is 0.857. The van der Waals surface area contributed by atoms with Crippen molar-refractivity contribution in [2.75, 3.05) is 19.3 Å². The Morgan fingerprint density at radius 3 is 2.73 bits per heavy atom. The maximum absolute atomic E-state index is 12.8. The molecule has 0 N–H and O–H groups in total. The molecule has 2 unspecified atom stereocenters. The van der Waals surface area contributed by atoms with Gasteiger partial charge in [0.1, 0.15) is 6.17 Å². The third-order valence-corrected chi connectivity index (χ3v) is 3.30. The smallest absolute Gasteiger partial charge is 0.114 e. The summed E-state index contributed by atoms with van der Waals surface area (Å²) in [6.45, 7) is 1.01. The second-order valence-corrected chi connectivity index (χ2v) is 5.52. The summed E-state index contributed by atoms with van der Waals surface area (Å²) in [4.78, 5) is 0. The van der Waals surface area contributed by atoms with Crippen LogP contribution in [0, 0.1) is 0 Å². The minimum absolute atomic E-state index is 0.291. The van der Waals surface area contributed by atoms with Gasteiger partial charge >= 0.3 is 0 Å². The molecule has 0 aromatic heterocycles. The molecule has 1 aliphatic heterocycles. The first-order chi connectivity index (χ1) is 5.00. The first kappa shape index (κ1) is 9.00. The van der Waals surface area contributed by atoms with E-state index in [4.69, 9.17) is 0 Å². The van der Waals surface area contributed by atoms with E-state index in [0.29, 0.717) is 13.0 Å². The lowest BCUT2D eigenvalue weighted by atomic mass is 10.1. The zero-order valence-corrected chi connectivity index (χ0v) is 7.57. The zero-order chi connectivity index (χ0) is 8.48. The van der Waals surface area contributed by atoms with Crippen LogP contribution in [0.5, 0.6) is 0 Å². The van der Waals surface area contributed by atoms with Crippen molar-refractivity contribution in [1.82, 2.24) is 4.31 Å². The van der Waals surface area contributed by atoms with Gasteiger partial charge in [0.15, 0.2) is 0 Å². The van der Waals surface area contributed by atoms with Gasteiger partial charge in [0, 0.05) is 29.1 Å². The van der Waals surface area contributed by atoms with E-state index in [-0.39, 0.29) is 0 Å². The third-order valence-electron chi connectivity index (χ3n) is 1.87. The number of hydrogen-bond donors (Lipinski definition) is 0. The fourth-order valence-corrected chi connectivity index (χ4v) is 2.24. The van der Waals surface area contributed by atoms with Gasteiger partial charge in [-0.1, -0.05) is 0 Å². The number of alkyl halides is 1. The Labute approximate surface area is 67.5 Å². The fourth-order valence-electron chi connectivity index (χ4n) is 1.24. The van der Waals surface area contributed by atoms with Gasteiger partial charge < -0.3 is 0 Å². The number of hydrogen-bond acceptors (Lipinski definition) is 1. The van der Waals surface area contributed by atoms with Crippen LogP contribution in [0.3, 0.4) is 0 Å². The van der Waals surface area contributed by atoms with Gasteiger partial charge in [0.25, 0.3) is 0 Å². The van der Waals surface area contributed by atoms with Crippen molar-refractivity contribution in [3.05, 3.63) is 0 Å². The van der Waals surface area contributed by atoms with Crippen molar-refractivity contribution in [2.24, 2.45) is 0 Å². The second kappa shape index (κ2) is 3.11. The quantitative estimate of drug-likeness (QED) is 0.542. The maximum Gasteiger partial charge on any atom is 0.114 e. The van der Waals surface area contributed by atoms with Crippen LogP contribution in [0.2, 0.25) is 0 Å². The minimum atomic E-state index is -2.17. The normalized spacial score (nSPS) is 33.1. The molecule has 0 aromatic rings. The van der Waals surface area contributed by atoms with E-state index in [1.54, 1.807) is 10.6 Å². The van der Waals surface area contributed by atoms with Crippen LogP contribution in [0.25, 0.3) is 0 Å². The SMILES string of the molecule is C=S(C)(=O)N1CCCC(F)C1. The highest BCUT2D eigenvalue weighted by molar-refractivity contribution is 7.97. The summed E-state index contributed by atoms with van der Waals surface area (Å²) in [6.07, 6.45) is 2.14. The van der Waals surface area contributed by atoms with Crippen LogP contribution in [0.1, 0.15) is 12.8 Å². The predicted molar refractivity (Wildman–Crippen MR) is 46.9 cm³/mol. The van der Waals surface area contributed by atoms with Crippen LogP contribution < -0.4 is 0 Å². The van der Waals surface area contributed by atoms with Gasteiger partial charge in [-0.25, -0.2) is 8.70 Å². The molecule has 0 amide bonds. The Hall–Kier alpha value is -0.0900. The lowest BCUT2D eigenvalue weighted by molar-refractivity contribution is 0.208. The monoisotopic (exact) mass is 179 g/mol. The first-order valence-electron chi connectivity index (χ1n) is 3.71. The molecule has 0 spiro atoms. The Balaban J connectivity index is 2.60. The van der Waals surface area contributed by atoms with Crippen molar-refractivity contribution in [3.8, 4) is 0 Å². The lowest BCUT2D eigenvalue weighted by Crippen LogP contribution is -2.39. The van der Waals surface area contributed by atoms with Crippen LogP contribution in [-0.4, -0.2) is 39.9 Å². The number of halogens is 1. The summed E-state index contributed by atoms with van der Waals surface area (Å²) in [5.74, 6) is 3.52. The van der Waals surface area contributed by atoms with E-state index < -0.39 is 15.9 Å². The van der Waals surface area contributed by atoms with Crippen molar-refractivity contribution >= 4 is 15.6 Å². The third kappa shape index (κ3) is 2.45. The van der Waals surface area contributed by atoms with Gasteiger partial charge in [0.05, 0.1) is 0 Å².